The van der Waals surface area contributed by atoms with E-state index in [1.165, 1.54) is 24.3 Å². The van der Waals surface area contributed by atoms with Crippen LogP contribution in [-0.4, -0.2) is 4.98 Å². The van der Waals surface area contributed by atoms with Crippen LogP contribution in [0, 0.1) is 11.6 Å². The molecule has 5 aromatic rings. The molecule has 0 bridgehead atoms. The third-order valence-corrected chi connectivity index (χ3v) is 4.35. The SMILES string of the molecule is O=c1ccc2c([nH]c3c4cc(F)ccc4oc4cccc2c43)c1F. The zero-order valence-corrected chi connectivity index (χ0v) is 12.2. The molecular weight excluding hydrogens is 312 g/mol. The fourth-order valence-corrected chi connectivity index (χ4v) is 3.30. The molecule has 0 amide bonds. The van der Waals surface area contributed by atoms with Gasteiger partial charge in [0.05, 0.1) is 11.0 Å². The minimum atomic E-state index is -0.847. The maximum absolute atomic E-state index is 14.4. The number of H-pyrrole nitrogens is 1. The lowest BCUT2D eigenvalue weighted by Crippen LogP contribution is -2.05. The fourth-order valence-electron chi connectivity index (χ4n) is 3.30. The molecule has 0 radical (unpaired) electrons. The average Bonchev–Trinajstić information content (AvgIpc) is 2.59. The largest absolute Gasteiger partial charge is 0.456 e. The quantitative estimate of drug-likeness (QED) is 0.327. The van der Waals surface area contributed by atoms with Crippen molar-refractivity contribution in [2.45, 2.75) is 0 Å². The molecule has 24 heavy (non-hydrogen) atoms. The van der Waals surface area contributed by atoms with E-state index >= 15 is 0 Å². The molecular formula is C19H9F2NO2. The molecule has 0 saturated carbocycles. The summed E-state index contributed by atoms with van der Waals surface area (Å²) in [6.07, 6.45) is 0. The standard InChI is InChI=1S/C19H9F2NO2/c20-9-4-7-14-12(8-9)18-16-10(2-1-3-15(16)24-14)11-5-6-13(23)17(21)19(11)22-18/h1-8,22H. The van der Waals surface area contributed by atoms with Gasteiger partial charge < -0.3 is 9.40 Å². The summed E-state index contributed by atoms with van der Waals surface area (Å²) in [5.41, 5.74) is 1.04. The lowest BCUT2D eigenvalue weighted by molar-refractivity contribution is 0.624. The van der Waals surface area contributed by atoms with Gasteiger partial charge in [-0.3, -0.25) is 4.79 Å². The van der Waals surface area contributed by atoms with E-state index < -0.39 is 17.1 Å². The van der Waals surface area contributed by atoms with Gasteiger partial charge in [0.25, 0.3) is 0 Å². The van der Waals surface area contributed by atoms with Gasteiger partial charge in [-0.1, -0.05) is 12.1 Å². The number of hydrogen-bond donors (Lipinski definition) is 1. The molecule has 5 rings (SSSR count). The minimum Gasteiger partial charge on any atom is -0.456 e. The second-order valence-corrected chi connectivity index (χ2v) is 5.72. The number of benzene rings is 3. The summed E-state index contributed by atoms with van der Waals surface area (Å²) in [7, 11) is 0. The van der Waals surface area contributed by atoms with Crippen LogP contribution in [0.1, 0.15) is 0 Å². The smallest absolute Gasteiger partial charge is 0.216 e. The van der Waals surface area contributed by atoms with E-state index in [4.69, 9.17) is 4.42 Å². The highest BCUT2D eigenvalue weighted by atomic mass is 19.1. The van der Waals surface area contributed by atoms with E-state index in [9.17, 15) is 13.6 Å². The number of nitrogens with one attached hydrogen (secondary N) is 1. The number of halogens is 2. The molecule has 116 valence electrons. The fraction of sp³-hybridized carbons (Fsp3) is 0. The predicted octanol–water partition coefficient (Wildman–Crippen LogP) is 4.86. The van der Waals surface area contributed by atoms with Crippen molar-refractivity contribution >= 4 is 43.7 Å². The van der Waals surface area contributed by atoms with Gasteiger partial charge in [-0.15, -0.1) is 0 Å². The third kappa shape index (κ3) is 1.61. The van der Waals surface area contributed by atoms with Crippen molar-refractivity contribution < 1.29 is 13.2 Å². The van der Waals surface area contributed by atoms with Crippen LogP contribution in [0.3, 0.4) is 0 Å². The van der Waals surface area contributed by atoms with Crippen LogP contribution < -0.4 is 5.43 Å². The summed E-state index contributed by atoms with van der Waals surface area (Å²) in [4.78, 5) is 14.7. The van der Waals surface area contributed by atoms with E-state index in [1.807, 2.05) is 6.07 Å². The summed E-state index contributed by atoms with van der Waals surface area (Å²) >= 11 is 0. The van der Waals surface area contributed by atoms with Crippen molar-refractivity contribution in [2.75, 3.05) is 0 Å². The van der Waals surface area contributed by atoms with Crippen LogP contribution in [-0.2, 0) is 0 Å². The summed E-state index contributed by atoms with van der Waals surface area (Å²) in [6.45, 7) is 0. The molecule has 5 heteroatoms. The molecule has 3 aromatic carbocycles. The Hall–Kier alpha value is -3.21. The maximum Gasteiger partial charge on any atom is 0.216 e. The molecule has 0 atom stereocenters. The third-order valence-electron chi connectivity index (χ3n) is 4.35. The first-order chi connectivity index (χ1) is 11.6. The molecule has 0 unspecified atom stereocenters. The highest BCUT2D eigenvalue weighted by Gasteiger charge is 2.15. The highest BCUT2D eigenvalue weighted by Crippen LogP contribution is 2.36. The number of aromatic nitrogens is 1. The summed E-state index contributed by atoms with van der Waals surface area (Å²) in [6, 6.07) is 12.4. The number of rotatable bonds is 0. The number of pyridine rings is 1. The Kier molecular flexibility index (Phi) is 2.44. The van der Waals surface area contributed by atoms with Crippen LogP contribution in [0.25, 0.3) is 43.7 Å². The second kappa shape index (κ2) is 4.41. The number of hydrogen-bond acceptors (Lipinski definition) is 2. The van der Waals surface area contributed by atoms with Gasteiger partial charge in [0.1, 0.15) is 17.0 Å². The topological polar surface area (TPSA) is 46.0 Å². The Morgan fingerprint density at radius 2 is 1.71 bits per heavy atom. The normalized spacial score (nSPS) is 11.9. The van der Waals surface area contributed by atoms with Crippen LogP contribution >= 0.6 is 0 Å². The van der Waals surface area contributed by atoms with E-state index in [-0.39, 0.29) is 5.52 Å². The lowest BCUT2D eigenvalue weighted by Gasteiger charge is -2.12. The zero-order chi connectivity index (χ0) is 16.4. The van der Waals surface area contributed by atoms with Crippen LogP contribution in [0.2, 0.25) is 0 Å². The van der Waals surface area contributed by atoms with E-state index in [0.29, 0.717) is 27.5 Å². The van der Waals surface area contributed by atoms with Crippen molar-refractivity contribution in [1.82, 2.24) is 4.98 Å². The zero-order valence-electron chi connectivity index (χ0n) is 12.2. The molecule has 2 aromatic heterocycles. The summed E-state index contributed by atoms with van der Waals surface area (Å²) < 4.78 is 33.9. The molecule has 0 aliphatic rings. The van der Waals surface area contributed by atoms with Crippen LogP contribution in [0.4, 0.5) is 8.78 Å². The van der Waals surface area contributed by atoms with Gasteiger partial charge in [-0.05, 0) is 41.8 Å². The van der Waals surface area contributed by atoms with Gasteiger partial charge in [0, 0.05) is 16.2 Å². The minimum absolute atomic E-state index is 0.110. The summed E-state index contributed by atoms with van der Waals surface area (Å²) in [5.74, 6) is -1.27. The van der Waals surface area contributed by atoms with E-state index in [1.54, 1.807) is 18.2 Å². The van der Waals surface area contributed by atoms with Gasteiger partial charge in [0.15, 0.2) is 5.82 Å². The molecule has 0 fully saturated rings. The Bertz CT molecular complexity index is 1350. The molecule has 2 heterocycles. The highest BCUT2D eigenvalue weighted by molar-refractivity contribution is 6.22. The van der Waals surface area contributed by atoms with Gasteiger partial charge in [-0.25, -0.2) is 8.78 Å². The number of aromatic amines is 1. The monoisotopic (exact) mass is 321 g/mol. The van der Waals surface area contributed by atoms with Gasteiger partial charge in [0.2, 0.25) is 5.43 Å². The van der Waals surface area contributed by atoms with E-state index in [0.717, 1.165) is 10.8 Å². The molecule has 0 spiro atoms. The molecule has 0 aliphatic heterocycles. The Balaban J connectivity index is 2.20. The summed E-state index contributed by atoms with van der Waals surface area (Å²) in [5, 5.41) is 2.55. The lowest BCUT2D eigenvalue weighted by atomic mass is 10.0. The van der Waals surface area contributed by atoms with Crippen molar-refractivity contribution in [1.29, 1.82) is 0 Å². The van der Waals surface area contributed by atoms with Crippen molar-refractivity contribution in [3.8, 4) is 0 Å². The molecule has 3 nitrogen and oxygen atoms in total. The average molecular weight is 321 g/mol. The molecule has 0 saturated heterocycles. The van der Waals surface area contributed by atoms with Gasteiger partial charge >= 0.3 is 0 Å². The predicted molar refractivity (Wildman–Crippen MR) is 89.3 cm³/mol. The Labute approximate surface area is 133 Å². The van der Waals surface area contributed by atoms with E-state index in [2.05, 4.69) is 4.98 Å². The molecule has 0 aliphatic carbocycles. The Morgan fingerprint density at radius 1 is 0.833 bits per heavy atom. The first kappa shape index (κ1) is 13.2. The van der Waals surface area contributed by atoms with Crippen molar-refractivity contribution in [2.24, 2.45) is 0 Å². The van der Waals surface area contributed by atoms with Crippen LogP contribution in [0.15, 0.2) is 57.7 Å². The van der Waals surface area contributed by atoms with Crippen molar-refractivity contribution in [3.63, 3.8) is 0 Å². The van der Waals surface area contributed by atoms with Gasteiger partial charge in [-0.2, -0.15) is 0 Å². The first-order valence-electron chi connectivity index (χ1n) is 7.38. The Morgan fingerprint density at radius 3 is 2.58 bits per heavy atom. The van der Waals surface area contributed by atoms with Crippen LogP contribution in [0.5, 0.6) is 0 Å². The second-order valence-electron chi connectivity index (χ2n) is 5.72. The van der Waals surface area contributed by atoms with Crippen molar-refractivity contribution in [3.05, 3.63) is 70.4 Å². The molecule has 1 N–H and O–H groups in total. The maximum atomic E-state index is 14.4. The number of fused-ring (bicyclic) bond motifs is 4. The first-order valence-corrected chi connectivity index (χ1v) is 7.38.